The van der Waals surface area contributed by atoms with E-state index in [-0.39, 0.29) is 10.1 Å². The summed E-state index contributed by atoms with van der Waals surface area (Å²) in [4.78, 5) is 0. The van der Waals surface area contributed by atoms with Crippen molar-refractivity contribution in [2.45, 2.75) is 13.8 Å². The van der Waals surface area contributed by atoms with Gasteiger partial charge >= 0.3 is 10.1 Å². The van der Waals surface area contributed by atoms with Crippen molar-refractivity contribution in [1.29, 1.82) is 0 Å². The Morgan fingerprint density at radius 1 is 1.17 bits per heavy atom. The predicted molar refractivity (Wildman–Crippen MR) is 30.7 cm³/mol. The number of hydrogen-bond acceptors (Lipinski definition) is 1. The second-order valence-electron chi connectivity index (χ2n) is 0.781. The summed E-state index contributed by atoms with van der Waals surface area (Å²) in [5.41, 5.74) is 0. The summed E-state index contributed by atoms with van der Waals surface area (Å²) >= 11 is 0. The maximum atomic E-state index is 4.83. The van der Waals surface area contributed by atoms with Gasteiger partial charge in [0.2, 0.25) is 0 Å². The Hall–Kier alpha value is 0.129. The van der Waals surface area contributed by atoms with Crippen LogP contribution in [0.15, 0.2) is 0 Å². The van der Waals surface area contributed by atoms with Gasteiger partial charge in [0.15, 0.2) is 0 Å². The van der Waals surface area contributed by atoms with Gasteiger partial charge in [0.1, 0.15) is 0 Å². The summed E-state index contributed by atoms with van der Waals surface area (Å²) < 4.78 is 4.83. The van der Waals surface area contributed by atoms with Crippen molar-refractivity contribution in [1.82, 2.24) is 0 Å². The maximum absolute atomic E-state index is 4.83. The van der Waals surface area contributed by atoms with Crippen molar-refractivity contribution >= 4 is 10.1 Å². The van der Waals surface area contributed by atoms with Crippen LogP contribution in [0.3, 0.4) is 0 Å². The standard InChI is InChI=1S/C4H10O.Be.2H/c1-3-5-4-2;;;/h3-4H2,1-2H3;;;. The van der Waals surface area contributed by atoms with E-state index in [4.69, 9.17) is 4.74 Å². The summed E-state index contributed by atoms with van der Waals surface area (Å²) in [5.74, 6) is 0. The van der Waals surface area contributed by atoms with Gasteiger partial charge in [-0.1, -0.05) is 0 Å². The van der Waals surface area contributed by atoms with E-state index in [1.807, 2.05) is 13.8 Å². The molecule has 0 unspecified atom stereocenters. The molecule has 0 aliphatic rings. The quantitative estimate of drug-likeness (QED) is 0.433. The molecule has 0 aromatic carbocycles. The zero-order chi connectivity index (χ0) is 4.12. The van der Waals surface area contributed by atoms with Gasteiger partial charge in [-0.25, -0.2) is 0 Å². The van der Waals surface area contributed by atoms with E-state index in [1.165, 1.54) is 0 Å². The molecular formula is C4H12BeO. The van der Waals surface area contributed by atoms with Crippen LogP contribution in [0.1, 0.15) is 13.8 Å². The van der Waals surface area contributed by atoms with Gasteiger partial charge < -0.3 is 4.74 Å². The van der Waals surface area contributed by atoms with Crippen LogP contribution in [0.2, 0.25) is 0 Å². The molecule has 0 radical (unpaired) electrons. The third kappa shape index (κ3) is 8.92. The number of rotatable bonds is 2. The molecule has 0 N–H and O–H groups in total. The Kier molecular flexibility index (Phi) is 14.1. The van der Waals surface area contributed by atoms with E-state index >= 15 is 0 Å². The second-order valence-corrected chi connectivity index (χ2v) is 0.781. The predicted octanol–water partition coefficient (Wildman–Crippen LogP) is 0.127. The van der Waals surface area contributed by atoms with Crippen molar-refractivity contribution in [3.05, 3.63) is 0 Å². The molecule has 0 heterocycles. The fourth-order valence-electron chi connectivity index (χ4n) is 0.204. The first-order chi connectivity index (χ1) is 2.41. The molecule has 1 nitrogen and oxygen atoms in total. The second kappa shape index (κ2) is 8.93. The zero-order valence-electron chi connectivity index (χ0n) is 3.82. The van der Waals surface area contributed by atoms with E-state index < -0.39 is 0 Å². The van der Waals surface area contributed by atoms with Crippen LogP contribution >= 0.6 is 0 Å². The molecule has 2 heteroatoms. The average molecular weight is 85.2 g/mol. The summed E-state index contributed by atoms with van der Waals surface area (Å²) in [6, 6.07) is 0. The van der Waals surface area contributed by atoms with E-state index in [0.29, 0.717) is 0 Å². The van der Waals surface area contributed by atoms with E-state index in [2.05, 4.69) is 0 Å². The first-order valence-corrected chi connectivity index (χ1v) is 1.99. The first-order valence-electron chi connectivity index (χ1n) is 1.99. The van der Waals surface area contributed by atoms with Gasteiger partial charge in [0.25, 0.3) is 0 Å². The Labute approximate surface area is 42.9 Å². The monoisotopic (exact) mass is 85.1 g/mol. The van der Waals surface area contributed by atoms with Crippen LogP contribution in [-0.4, -0.2) is 23.3 Å². The molecule has 36 valence electrons. The molecule has 0 fully saturated rings. The average Bonchev–Trinajstić information content (AvgIpc) is 1.41. The molecule has 0 bridgehead atoms. The fourth-order valence-corrected chi connectivity index (χ4v) is 0.204. The van der Waals surface area contributed by atoms with Crippen LogP contribution in [0, 0.1) is 0 Å². The van der Waals surface area contributed by atoms with E-state index in [1.54, 1.807) is 0 Å². The number of ether oxygens (including phenoxy) is 1. The van der Waals surface area contributed by atoms with Crippen LogP contribution in [-0.2, 0) is 4.74 Å². The summed E-state index contributed by atoms with van der Waals surface area (Å²) in [7, 11) is 0. The molecule has 0 rings (SSSR count). The van der Waals surface area contributed by atoms with E-state index in [0.717, 1.165) is 13.2 Å². The minimum atomic E-state index is 0. The van der Waals surface area contributed by atoms with Crippen molar-refractivity contribution in [2.24, 2.45) is 0 Å². The van der Waals surface area contributed by atoms with Crippen LogP contribution in [0.4, 0.5) is 0 Å². The fraction of sp³-hybridized carbons (Fsp3) is 1.00. The summed E-state index contributed by atoms with van der Waals surface area (Å²) in [6.07, 6.45) is 0. The molecule has 0 aliphatic heterocycles. The number of hydrogen-bond donors (Lipinski definition) is 0. The third-order valence-corrected chi connectivity index (χ3v) is 0.408. The molecule has 0 atom stereocenters. The Balaban J connectivity index is 0. The van der Waals surface area contributed by atoms with Crippen molar-refractivity contribution in [2.75, 3.05) is 13.2 Å². The molecule has 6 heavy (non-hydrogen) atoms. The van der Waals surface area contributed by atoms with Crippen molar-refractivity contribution in [3.63, 3.8) is 0 Å². The minimum absolute atomic E-state index is 0. The SMILES string of the molecule is CCOCC.[BeH2]. The van der Waals surface area contributed by atoms with Gasteiger partial charge in [0.05, 0.1) is 0 Å². The zero-order valence-corrected chi connectivity index (χ0v) is 3.82. The first kappa shape index (κ1) is 9.46. The van der Waals surface area contributed by atoms with Gasteiger partial charge in [-0.2, -0.15) is 0 Å². The molecule has 0 amide bonds. The van der Waals surface area contributed by atoms with Crippen LogP contribution < -0.4 is 0 Å². The molecule has 0 saturated heterocycles. The van der Waals surface area contributed by atoms with Gasteiger partial charge in [-0.15, -0.1) is 0 Å². The Bertz CT molecular complexity index is 15.0. The van der Waals surface area contributed by atoms with Crippen LogP contribution in [0.5, 0.6) is 0 Å². The molecule has 0 aromatic rings. The van der Waals surface area contributed by atoms with Crippen molar-refractivity contribution in [3.8, 4) is 0 Å². The van der Waals surface area contributed by atoms with Gasteiger partial charge in [0, 0.05) is 13.2 Å². The summed E-state index contributed by atoms with van der Waals surface area (Å²) in [6.45, 7) is 5.67. The van der Waals surface area contributed by atoms with Gasteiger partial charge in [-0.05, 0) is 13.8 Å². The Morgan fingerprint density at radius 2 is 1.50 bits per heavy atom. The normalized spacial score (nSPS) is 7.00. The molecular weight excluding hydrogens is 73.1 g/mol. The molecule has 0 spiro atoms. The molecule has 0 saturated carbocycles. The Morgan fingerprint density at radius 3 is 1.50 bits per heavy atom. The molecule has 0 aliphatic carbocycles. The third-order valence-electron chi connectivity index (χ3n) is 0.408. The van der Waals surface area contributed by atoms with E-state index in [9.17, 15) is 0 Å². The summed E-state index contributed by atoms with van der Waals surface area (Å²) in [5, 5.41) is 0. The topological polar surface area (TPSA) is 9.23 Å². The van der Waals surface area contributed by atoms with Crippen LogP contribution in [0.25, 0.3) is 0 Å². The molecule has 0 aromatic heterocycles. The van der Waals surface area contributed by atoms with Crippen molar-refractivity contribution < 1.29 is 4.74 Å². The van der Waals surface area contributed by atoms with Gasteiger partial charge in [-0.3, -0.25) is 0 Å².